The lowest BCUT2D eigenvalue weighted by Crippen LogP contribution is -2.58. The van der Waals surface area contributed by atoms with Gasteiger partial charge in [0.05, 0.1) is 12.3 Å². The highest BCUT2D eigenvalue weighted by atomic mass is 15.5. The molecule has 0 bridgehead atoms. The molecule has 0 spiro atoms. The van der Waals surface area contributed by atoms with E-state index in [0.29, 0.717) is 11.5 Å². The van der Waals surface area contributed by atoms with Crippen molar-refractivity contribution in [3.63, 3.8) is 0 Å². The Morgan fingerprint density at radius 3 is 2.30 bits per heavy atom. The van der Waals surface area contributed by atoms with Gasteiger partial charge in [0, 0.05) is 11.5 Å². The minimum absolute atomic E-state index is 0.220. The van der Waals surface area contributed by atoms with Crippen molar-refractivity contribution in [2.24, 2.45) is 16.9 Å². The summed E-state index contributed by atoms with van der Waals surface area (Å²) < 4.78 is 0. The molecular formula is C7H15N3. The Hall–Kier alpha value is -0.120. The van der Waals surface area contributed by atoms with Gasteiger partial charge >= 0.3 is 0 Å². The molecule has 2 rings (SSSR count). The van der Waals surface area contributed by atoms with E-state index in [1.54, 1.807) is 0 Å². The van der Waals surface area contributed by atoms with Gasteiger partial charge < -0.3 is 11.5 Å². The average molecular weight is 141 g/mol. The first-order chi connectivity index (χ1) is 4.63. The number of nitrogens with two attached hydrogens (primary N) is 2. The van der Waals surface area contributed by atoms with Gasteiger partial charge in [0.2, 0.25) is 0 Å². The number of rotatable bonds is 1. The third-order valence-corrected chi connectivity index (χ3v) is 3.33. The summed E-state index contributed by atoms with van der Waals surface area (Å²) >= 11 is 0. The van der Waals surface area contributed by atoms with E-state index >= 15 is 0 Å². The molecule has 2 aliphatic rings. The van der Waals surface area contributed by atoms with Crippen LogP contribution in [0.15, 0.2) is 0 Å². The fourth-order valence-electron chi connectivity index (χ4n) is 2.21. The Kier molecular flexibility index (Phi) is 1.02. The lowest BCUT2D eigenvalue weighted by atomic mass is 9.76. The van der Waals surface area contributed by atoms with Gasteiger partial charge in [-0.25, -0.2) is 0 Å². The highest BCUT2D eigenvalue weighted by Crippen LogP contribution is 2.56. The van der Waals surface area contributed by atoms with Crippen molar-refractivity contribution in [1.29, 1.82) is 0 Å². The van der Waals surface area contributed by atoms with Crippen LogP contribution < -0.4 is 11.5 Å². The normalized spacial score (nSPS) is 64.8. The summed E-state index contributed by atoms with van der Waals surface area (Å²) in [4.78, 5) is 2.17. The van der Waals surface area contributed by atoms with Gasteiger partial charge in [-0.05, 0) is 6.42 Å². The molecule has 3 heteroatoms. The summed E-state index contributed by atoms with van der Waals surface area (Å²) in [6.07, 6.45) is 1.63. The largest absolute Gasteiger partial charge is 0.315 e. The van der Waals surface area contributed by atoms with E-state index in [0.717, 1.165) is 6.42 Å². The maximum Gasteiger partial charge on any atom is 0.0756 e. The van der Waals surface area contributed by atoms with Crippen molar-refractivity contribution in [2.75, 3.05) is 0 Å². The fourth-order valence-corrected chi connectivity index (χ4v) is 2.21. The Balaban J connectivity index is 2.14. The predicted molar refractivity (Wildman–Crippen MR) is 40.0 cm³/mol. The summed E-state index contributed by atoms with van der Waals surface area (Å²) in [5, 5.41) is 0. The molecule has 2 saturated heterocycles. The van der Waals surface area contributed by atoms with E-state index in [-0.39, 0.29) is 12.3 Å². The van der Waals surface area contributed by atoms with Crippen molar-refractivity contribution in [1.82, 2.24) is 4.90 Å². The van der Waals surface area contributed by atoms with Gasteiger partial charge in [-0.15, -0.1) is 0 Å². The lowest BCUT2D eigenvalue weighted by Gasteiger charge is -2.43. The summed E-state index contributed by atoms with van der Waals surface area (Å²) in [5.41, 5.74) is 12.0. The van der Waals surface area contributed by atoms with Crippen LogP contribution in [0.3, 0.4) is 0 Å². The van der Waals surface area contributed by atoms with Crippen LogP contribution >= 0.6 is 0 Å². The monoisotopic (exact) mass is 141 g/mol. The first-order valence-electron chi connectivity index (χ1n) is 3.91. The van der Waals surface area contributed by atoms with Gasteiger partial charge in [0.15, 0.2) is 0 Å². The Labute approximate surface area is 61.4 Å². The molecular weight excluding hydrogens is 126 g/mol. The van der Waals surface area contributed by atoms with Crippen LogP contribution in [0.2, 0.25) is 0 Å². The van der Waals surface area contributed by atoms with Gasteiger partial charge in [-0.1, -0.05) is 13.8 Å². The highest BCUT2D eigenvalue weighted by molar-refractivity contribution is 5.22. The lowest BCUT2D eigenvalue weighted by molar-refractivity contribution is 0.0373. The third-order valence-electron chi connectivity index (χ3n) is 3.33. The Bertz CT molecular complexity index is 162. The molecule has 10 heavy (non-hydrogen) atoms. The third kappa shape index (κ3) is 0.447. The van der Waals surface area contributed by atoms with Crippen molar-refractivity contribution >= 4 is 0 Å². The van der Waals surface area contributed by atoms with Crippen molar-refractivity contribution < 1.29 is 0 Å². The second-order valence-electron chi connectivity index (χ2n) is 3.69. The molecule has 5 unspecified atom stereocenters. The zero-order valence-electron chi connectivity index (χ0n) is 6.54. The molecule has 0 aromatic rings. The summed E-state index contributed by atoms with van der Waals surface area (Å²) in [6.45, 7) is 4.41. The van der Waals surface area contributed by atoms with E-state index in [9.17, 15) is 0 Å². The maximum absolute atomic E-state index is 5.89. The zero-order valence-corrected chi connectivity index (χ0v) is 6.54. The van der Waals surface area contributed by atoms with Crippen LogP contribution in [0.25, 0.3) is 0 Å². The SMILES string of the molecule is CCC1(C)C(N)N2C(N)C21. The second kappa shape index (κ2) is 1.55. The molecule has 0 aromatic heterocycles. The minimum Gasteiger partial charge on any atom is -0.315 e. The molecule has 3 nitrogen and oxygen atoms in total. The molecule has 2 fully saturated rings. The first-order valence-corrected chi connectivity index (χ1v) is 3.91. The van der Waals surface area contributed by atoms with Crippen LogP contribution in [-0.2, 0) is 0 Å². The molecule has 58 valence electrons. The quantitative estimate of drug-likeness (QED) is 0.492. The topological polar surface area (TPSA) is 55.0 Å². The molecule has 2 heterocycles. The molecule has 0 aliphatic carbocycles. The minimum atomic E-state index is 0.220. The van der Waals surface area contributed by atoms with Crippen LogP contribution in [0.5, 0.6) is 0 Å². The number of hydrogen-bond acceptors (Lipinski definition) is 3. The van der Waals surface area contributed by atoms with Crippen molar-refractivity contribution in [3.8, 4) is 0 Å². The highest BCUT2D eigenvalue weighted by Gasteiger charge is 2.70. The first kappa shape index (κ1) is 6.58. The van der Waals surface area contributed by atoms with Crippen LogP contribution in [0, 0.1) is 5.41 Å². The van der Waals surface area contributed by atoms with Crippen LogP contribution in [0.1, 0.15) is 20.3 Å². The van der Waals surface area contributed by atoms with Gasteiger partial charge in [0.1, 0.15) is 0 Å². The second-order valence-corrected chi connectivity index (χ2v) is 3.69. The van der Waals surface area contributed by atoms with E-state index < -0.39 is 0 Å². The van der Waals surface area contributed by atoms with Gasteiger partial charge in [0.25, 0.3) is 0 Å². The van der Waals surface area contributed by atoms with E-state index in [1.807, 2.05) is 0 Å². The standard InChI is InChI=1S/C7H15N3/c1-3-7(2)4-5(8)10(4)6(7)9/h4-6H,3,8-9H2,1-2H3. The van der Waals surface area contributed by atoms with E-state index in [1.165, 1.54) is 0 Å². The number of nitrogens with zero attached hydrogens (tertiary/aromatic N) is 1. The molecule has 0 aromatic carbocycles. The summed E-state index contributed by atoms with van der Waals surface area (Å²) in [5.74, 6) is 0. The van der Waals surface area contributed by atoms with Gasteiger partial charge in [-0.3, -0.25) is 4.90 Å². The molecule has 0 radical (unpaired) electrons. The summed E-state index contributed by atoms with van der Waals surface area (Å²) in [7, 11) is 0. The molecule has 2 aliphatic heterocycles. The molecule has 0 amide bonds. The average Bonchev–Trinajstić information content (AvgIpc) is 2.57. The molecule has 4 N–H and O–H groups in total. The predicted octanol–water partition coefficient (Wildman–Crippen LogP) is -0.330. The zero-order chi connectivity index (χ0) is 7.52. The van der Waals surface area contributed by atoms with E-state index in [2.05, 4.69) is 18.7 Å². The molecule has 0 saturated carbocycles. The molecule has 5 atom stereocenters. The van der Waals surface area contributed by atoms with Crippen molar-refractivity contribution in [2.45, 2.75) is 38.6 Å². The maximum atomic E-state index is 5.89. The fraction of sp³-hybridized carbons (Fsp3) is 1.00. The number of fused-ring (bicyclic) bond motifs is 1. The summed E-state index contributed by atoms with van der Waals surface area (Å²) in [6, 6.07) is 0.590. The van der Waals surface area contributed by atoms with Crippen molar-refractivity contribution in [3.05, 3.63) is 0 Å². The van der Waals surface area contributed by atoms with E-state index in [4.69, 9.17) is 11.5 Å². The smallest absolute Gasteiger partial charge is 0.0756 e. The number of hydrogen-bond donors (Lipinski definition) is 2. The van der Waals surface area contributed by atoms with Crippen LogP contribution in [-0.4, -0.2) is 23.3 Å². The van der Waals surface area contributed by atoms with Gasteiger partial charge in [-0.2, -0.15) is 0 Å². The van der Waals surface area contributed by atoms with Crippen LogP contribution in [0.4, 0.5) is 0 Å². The Morgan fingerprint density at radius 1 is 1.50 bits per heavy atom. The Morgan fingerprint density at radius 2 is 2.10 bits per heavy atom.